The number of hydrogen-bond donors (Lipinski definition) is 2. The molecule has 6 heteroatoms. The lowest BCUT2D eigenvalue weighted by Gasteiger charge is -2.17. The van der Waals surface area contributed by atoms with Crippen molar-refractivity contribution in [1.82, 2.24) is 0 Å². The third kappa shape index (κ3) is 3.39. The smallest absolute Gasteiger partial charge is 0.227 e. The summed E-state index contributed by atoms with van der Waals surface area (Å²) < 4.78 is 0. The van der Waals surface area contributed by atoms with Gasteiger partial charge in [0.2, 0.25) is 17.7 Å². The molecule has 1 unspecified atom stereocenters. The van der Waals surface area contributed by atoms with E-state index in [0.717, 1.165) is 0 Å². The molecule has 3 N–H and O–H groups in total. The highest BCUT2D eigenvalue weighted by atomic mass is 16.2. The molecule has 0 aromatic heterocycles. The van der Waals surface area contributed by atoms with Crippen LogP contribution in [0.2, 0.25) is 0 Å². The van der Waals surface area contributed by atoms with Crippen LogP contribution in [0.3, 0.4) is 0 Å². The standard InChI is InChI=1S/C15H19N3O3/c1-9(2)15(21)17-11-4-3-5-12(7-11)18-8-10(14(16)20)6-13(18)19/h3-5,7,9-10H,6,8H2,1-2H3,(H2,16,20)(H,17,21). The number of primary amides is 1. The molecule has 0 spiro atoms. The molecule has 21 heavy (non-hydrogen) atoms. The highest BCUT2D eigenvalue weighted by Crippen LogP contribution is 2.27. The van der Waals surface area contributed by atoms with E-state index in [1.165, 1.54) is 4.90 Å². The Kier molecular flexibility index (Phi) is 4.26. The fraction of sp³-hybridized carbons (Fsp3) is 0.400. The summed E-state index contributed by atoms with van der Waals surface area (Å²) in [6.07, 6.45) is 0.137. The Morgan fingerprint density at radius 3 is 2.67 bits per heavy atom. The summed E-state index contributed by atoms with van der Waals surface area (Å²) in [4.78, 5) is 36.4. The van der Waals surface area contributed by atoms with E-state index in [1.807, 2.05) is 0 Å². The predicted octanol–water partition coefficient (Wildman–Crippen LogP) is 1.12. The number of carbonyl (C=O) groups is 3. The first-order chi connectivity index (χ1) is 9.88. The molecular formula is C15H19N3O3. The largest absolute Gasteiger partial charge is 0.369 e. The van der Waals surface area contributed by atoms with Gasteiger partial charge in [-0.25, -0.2) is 0 Å². The summed E-state index contributed by atoms with van der Waals surface area (Å²) in [6.45, 7) is 3.90. The Balaban J connectivity index is 2.16. The van der Waals surface area contributed by atoms with Gasteiger partial charge in [0.1, 0.15) is 0 Å². The van der Waals surface area contributed by atoms with Gasteiger partial charge in [-0.1, -0.05) is 19.9 Å². The second kappa shape index (κ2) is 5.95. The van der Waals surface area contributed by atoms with Crippen LogP contribution in [0.25, 0.3) is 0 Å². The summed E-state index contributed by atoms with van der Waals surface area (Å²) in [5.41, 5.74) is 6.54. The molecule has 3 amide bonds. The van der Waals surface area contributed by atoms with Crippen LogP contribution in [0.1, 0.15) is 20.3 Å². The molecule has 1 saturated heterocycles. The van der Waals surface area contributed by atoms with Crippen LogP contribution >= 0.6 is 0 Å². The molecule has 1 aliphatic heterocycles. The molecule has 1 fully saturated rings. The van der Waals surface area contributed by atoms with Gasteiger partial charge in [0.25, 0.3) is 0 Å². The molecule has 1 heterocycles. The van der Waals surface area contributed by atoms with Crippen LogP contribution in [-0.2, 0) is 14.4 Å². The molecule has 0 saturated carbocycles. The minimum absolute atomic E-state index is 0.0880. The van der Waals surface area contributed by atoms with Gasteiger partial charge in [-0.2, -0.15) is 0 Å². The monoisotopic (exact) mass is 289 g/mol. The molecule has 1 aromatic carbocycles. The Bertz CT molecular complexity index is 583. The number of carbonyl (C=O) groups excluding carboxylic acids is 3. The Morgan fingerprint density at radius 1 is 1.38 bits per heavy atom. The molecule has 1 aromatic rings. The number of nitrogens with two attached hydrogens (primary N) is 1. The molecule has 0 aliphatic carbocycles. The van der Waals surface area contributed by atoms with E-state index in [4.69, 9.17) is 5.73 Å². The second-order valence-electron chi connectivity index (χ2n) is 5.50. The number of hydrogen-bond acceptors (Lipinski definition) is 3. The van der Waals surface area contributed by atoms with E-state index in [2.05, 4.69) is 5.32 Å². The lowest BCUT2D eigenvalue weighted by Crippen LogP contribution is -2.28. The number of nitrogens with zero attached hydrogens (tertiary/aromatic N) is 1. The molecule has 1 atom stereocenters. The van der Waals surface area contributed by atoms with E-state index in [-0.39, 0.29) is 30.7 Å². The van der Waals surface area contributed by atoms with Crippen molar-refractivity contribution in [2.24, 2.45) is 17.6 Å². The maximum absolute atomic E-state index is 12.0. The summed E-state index contributed by atoms with van der Waals surface area (Å²) in [7, 11) is 0. The molecule has 0 bridgehead atoms. The van der Waals surface area contributed by atoms with Crippen molar-refractivity contribution in [3.05, 3.63) is 24.3 Å². The molecule has 1 aliphatic rings. The average molecular weight is 289 g/mol. The fourth-order valence-corrected chi connectivity index (χ4v) is 2.19. The minimum atomic E-state index is -0.463. The highest BCUT2D eigenvalue weighted by molar-refractivity contribution is 6.01. The normalized spacial score (nSPS) is 18.1. The SMILES string of the molecule is CC(C)C(=O)Nc1cccc(N2CC(C(N)=O)CC2=O)c1. The van der Waals surface area contributed by atoms with Crippen molar-refractivity contribution in [2.45, 2.75) is 20.3 Å². The molecule has 6 nitrogen and oxygen atoms in total. The van der Waals surface area contributed by atoms with Gasteiger partial charge in [0, 0.05) is 30.3 Å². The zero-order chi connectivity index (χ0) is 15.6. The maximum Gasteiger partial charge on any atom is 0.227 e. The second-order valence-corrected chi connectivity index (χ2v) is 5.50. The van der Waals surface area contributed by atoms with E-state index in [9.17, 15) is 14.4 Å². The van der Waals surface area contributed by atoms with Gasteiger partial charge >= 0.3 is 0 Å². The van der Waals surface area contributed by atoms with Crippen molar-refractivity contribution in [1.29, 1.82) is 0 Å². The Morgan fingerprint density at radius 2 is 2.10 bits per heavy atom. The van der Waals surface area contributed by atoms with Crippen LogP contribution in [0.15, 0.2) is 24.3 Å². The third-order valence-corrected chi connectivity index (χ3v) is 3.48. The van der Waals surface area contributed by atoms with Gasteiger partial charge in [-0.15, -0.1) is 0 Å². The maximum atomic E-state index is 12.0. The van der Waals surface area contributed by atoms with Crippen LogP contribution < -0.4 is 16.0 Å². The lowest BCUT2D eigenvalue weighted by molar-refractivity contribution is -0.123. The third-order valence-electron chi connectivity index (χ3n) is 3.48. The van der Waals surface area contributed by atoms with Gasteiger partial charge < -0.3 is 16.0 Å². The van der Waals surface area contributed by atoms with E-state index >= 15 is 0 Å². The molecule has 0 radical (unpaired) electrons. The number of nitrogens with one attached hydrogen (secondary N) is 1. The predicted molar refractivity (Wildman–Crippen MR) is 79.6 cm³/mol. The van der Waals surface area contributed by atoms with E-state index in [0.29, 0.717) is 11.4 Å². The number of amides is 3. The quantitative estimate of drug-likeness (QED) is 0.870. The first-order valence-corrected chi connectivity index (χ1v) is 6.89. The molecule has 2 rings (SSSR count). The summed E-state index contributed by atoms with van der Waals surface area (Å²) in [5, 5.41) is 2.79. The van der Waals surface area contributed by atoms with Crippen LogP contribution in [0.4, 0.5) is 11.4 Å². The summed E-state index contributed by atoms with van der Waals surface area (Å²) >= 11 is 0. The Labute approximate surface area is 123 Å². The molecule has 112 valence electrons. The summed E-state index contributed by atoms with van der Waals surface area (Å²) in [6, 6.07) is 7.01. The van der Waals surface area contributed by atoms with Gasteiger partial charge in [0.05, 0.1) is 5.92 Å². The van der Waals surface area contributed by atoms with Gasteiger partial charge in [-0.3, -0.25) is 14.4 Å². The van der Waals surface area contributed by atoms with Crippen molar-refractivity contribution < 1.29 is 14.4 Å². The van der Waals surface area contributed by atoms with Crippen LogP contribution in [-0.4, -0.2) is 24.3 Å². The minimum Gasteiger partial charge on any atom is -0.369 e. The van der Waals surface area contributed by atoms with E-state index in [1.54, 1.807) is 38.1 Å². The van der Waals surface area contributed by atoms with Crippen LogP contribution in [0.5, 0.6) is 0 Å². The van der Waals surface area contributed by atoms with Crippen molar-refractivity contribution in [3.8, 4) is 0 Å². The highest BCUT2D eigenvalue weighted by Gasteiger charge is 2.33. The number of benzene rings is 1. The zero-order valence-corrected chi connectivity index (χ0v) is 12.1. The average Bonchev–Trinajstić information content (AvgIpc) is 2.81. The van der Waals surface area contributed by atoms with Crippen LogP contribution in [0, 0.1) is 11.8 Å². The lowest BCUT2D eigenvalue weighted by atomic mass is 10.1. The van der Waals surface area contributed by atoms with Crippen molar-refractivity contribution in [3.63, 3.8) is 0 Å². The fourth-order valence-electron chi connectivity index (χ4n) is 2.19. The Hall–Kier alpha value is -2.37. The zero-order valence-electron chi connectivity index (χ0n) is 12.1. The summed E-state index contributed by atoms with van der Waals surface area (Å²) in [5.74, 6) is -1.26. The molecular weight excluding hydrogens is 270 g/mol. The van der Waals surface area contributed by atoms with Crippen molar-refractivity contribution >= 4 is 29.1 Å². The number of anilines is 2. The van der Waals surface area contributed by atoms with E-state index < -0.39 is 11.8 Å². The first kappa shape index (κ1) is 15.0. The number of rotatable bonds is 4. The first-order valence-electron chi connectivity index (χ1n) is 6.89. The van der Waals surface area contributed by atoms with Gasteiger partial charge in [0.15, 0.2) is 0 Å². The topological polar surface area (TPSA) is 92.5 Å². The van der Waals surface area contributed by atoms with Gasteiger partial charge in [-0.05, 0) is 18.2 Å². The van der Waals surface area contributed by atoms with Crippen molar-refractivity contribution in [2.75, 3.05) is 16.8 Å².